The van der Waals surface area contributed by atoms with Gasteiger partial charge >= 0.3 is 0 Å². The number of benzene rings is 2. The quantitative estimate of drug-likeness (QED) is 0.323. The third-order valence-electron chi connectivity index (χ3n) is 7.32. The van der Waals surface area contributed by atoms with Crippen molar-refractivity contribution in [3.05, 3.63) is 65.2 Å². The zero-order chi connectivity index (χ0) is 27.5. The summed E-state index contributed by atoms with van der Waals surface area (Å²) in [5.41, 5.74) is 5.24. The highest BCUT2D eigenvalue weighted by molar-refractivity contribution is 6.32. The second-order valence-corrected chi connectivity index (χ2v) is 10.5. The minimum atomic E-state index is -0.190. The van der Waals surface area contributed by atoms with Crippen molar-refractivity contribution in [1.82, 2.24) is 35.1 Å². The average Bonchev–Trinajstić information content (AvgIpc) is 3.36. The molecule has 0 unspecified atom stereocenters. The van der Waals surface area contributed by atoms with Crippen molar-refractivity contribution in [2.75, 3.05) is 38.7 Å². The summed E-state index contributed by atoms with van der Waals surface area (Å²) in [6.07, 6.45) is 6.90. The molecule has 40 heavy (non-hydrogen) atoms. The van der Waals surface area contributed by atoms with E-state index in [0.717, 1.165) is 61.7 Å². The van der Waals surface area contributed by atoms with E-state index in [4.69, 9.17) is 25.8 Å². The molecule has 11 nitrogen and oxygen atoms in total. The maximum atomic E-state index is 6.41. The van der Waals surface area contributed by atoms with Gasteiger partial charge in [0.15, 0.2) is 0 Å². The molecule has 0 saturated carbocycles. The van der Waals surface area contributed by atoms with Crippen molar-refractivity contribution in [3.8, 4) is 22.6 Å². The van der Waals surface area contributed by atoms with Gasteiger partial charge in [-0.05, 0) is 71.1 Å². The lowest BCUT2D eigenvalue weighted by Crippen LogP contribution is -2.49. The molecular formula is C28H31ClN8O3. The molecule has 0 radical (unpaired) electrons. The number of anilines is 2. The number of tetrazole rings is 1. The molecule has 2 aromatic carbocycles. The first-order valence-corrected chi connectivity index (χ1v) is 13.7. The van der Waals surface area contributed by atoms with Gasteiger partial charge in [-0.2, -0.15) is 0 Å². The van der Waals surface area contributed by atoms with Crippen LogP contribution in [-0.2, 0) is 24.1 Å². The molecule has 2 aromatic heterocycles. The third-order valence-corrected chi connectivity index (χ3v) is 7.63. The van der Waals surface area contributed by atoms with E-state index < -0.39 is 0 Å². The monoisotopic (exact) mass is 562 g/mol. The number of nitrogens with zero attached hydrogens (tertiary/aromatic N) is 7. The molecule has 0 bridgehead atoms. The Morgan fingerprint density at radius 1 is 1.05 bits per heavy atom. The topological polar surface area (TPSA) is 112 Å². The van der Waals surface area contributed by atoms with Crippen LogP contribution >= 0.6 is 11.6 Å². The Kier molecular flexibility index (Phi) is 7.76. The van der Waals surface area contributed by atoms with Gasteiger partial charge in [0.25, 0.3) is 0 Å². The summed E-state index contributed by atoms with van der Waals surface area (Å²) in [7, 11) is 1.69. The highest BCUT2D eigenvalue weighted by Crippen LogP contribution is 2.34. The second-order valence-electron chi connectivity index (χ2n) is 10.1. The van der Waals surface area contributed by atoms with Crippen molar-refractivity contribution < 1.29 is 14.2 Å². The summed E-state index contributed by atoms with van der Waals surface area (Å²) >= 11 is 6.41. The lowest BCUT2D eigenvalue weighted by Gasteiger charge is -2.36. The van der Waals surface area contributed by atoms with Gasteiger partial charge in [-0.15, -0.1) is 5.10 Å². The van der Waals surface area contributed by atoms with Crippen LogP contribution in [0.15, 0.2) is 49.1 Å². The molecule has 0 amide bonds. The van der Waals surface area contributed by atoms with Crippen LogP contribution in [0, 0.1) is 0 Å². The fourth-order valence-corrected chi connectivity index (χ4v) is 5.22. The highest BCUT2D eigenvalue weighted by Gasteiger charge is 2.27. The van der Waals surface area contributed by atoms with Gasteiger partial charge in [-0.1, -0.05) is 17.7 Å². The van der Waals surface area contributed by atoms with Crippen molar-refractivity contribution in [2.24, 2.45) is 0 Å². The van der Waals surface area contributed by atoms with Crippen molar-refractivity contribution >= 4 is 23.2 Å². The summed E-state index contributed by atoms with van der Waals surface area (Å²) in [6.45, 7) is 6.18. The Morgan fingerprint density at radius 3 is 2.50 bits per heavy atom. The number of rotatable bonds is 9. The second kappa shape index (κ2) is 11.7. The SMILES string of the molecule is COc1cc2c(cc1Nc1ncc(-c3ccc(Cl)c(O[C@@H](C)Cn4cnnn4)c3)cn1)CCN(C1COC1)CC2. The van der Waals surface area contributed by atoms with Crippen LogP contribution in [-0.4, -0.2) is 80.6 Å². The van der Waals surface area contributed by atoms with Crippen LogP contribution in [0.3, 0.4) is 0 Å². The van der Waals surface area contributed by atoms with Crippen molar-refractivity contribution in [1.29, 1.82) is 0 Å². The van der Waals surface area contributed by atoms with E-state index in [2.05, 4.69) is 47.8 Å². The maximum absolute atomic E-state index is 6.41. The molecule has 0 aliphatic carbocycles. The first-order valence-electron chi connectivity index (χ1n) is 13.3. The molecule has 1 N–H and O–H groups in total. The Labute approximate surface area is 237 Å². The summed E-state index contributed by atoms with van der Waals surface area (Å²) in [5.74, 6) is 1.84. The fourth-order valence-electron chi connectivity index (χ4n) is 5.05. The van der Waals surface area contributed by atoms with E-state index in [0.29, 0.717) is 29.3 Å². The fraction of sp³-hybridized carbons (Fsp3) is 0.393. The van der Waals surface area contributed by atoms with E-state index in [9.17, 15) is 0 Å². The number of ether oxygens (including phenoxy) is 3. The van der Waals surface area contributed by atoms with E-state index in [1.165, 1.54) is 11.1 Å². The van der Waals surface area contributed by atoms with Gasteiger partial charge in [-0.25, -0.2) is 14.6 Å². The standard InChI is InChI=1S/C28H31ClN8O3/c1-18(14-37-17-32-34-35-37)40-26-10-19(3-4-24(26)29)22-12-30-28(31-13-22)33-25-9-20-5-7-36(23-15-39-16-23)8-6-21(20)11-27(25)38-2/h3-4,9-13,17-18,23H,5-8,14-16H2,1-2H3,(H,30,31,33)/t18-/m0/s1. The van der Waals surface area contributed by atoms with Gasteiger partial charge in [-0.3, -0.25) is 4.90 Å². The van der Waals surface area contributed by atoms with Gasteiger partial charge in [0, 0.05) is 31.0 Å². The summed E-state index contributed by atoms with van der Waals surface area (Å²) in [4.78, 5) is 11.7. The Balaban J connectivity index is 1.15. The Bertz CT molecular complexity index is 1450. The molecule has 1 fully saturated rings. The minimum absolute atomic E-state index is 0.190. The van der Waals surface area contributed by atoms with Gasteiger partial charge in [0.2, 0.25) is 5.95 Å². The third kappa shape index (κ3) is 5.86. The Morgan fingerprint density at radius 2 is 1.82 bits per heavy atom. The largest absolute Gasteiger partial charge is 0.495 e. The van der Waals surface area contributed by atoms with Crippen LogP contribution in [0.25, 0.3) is 11.1 Å². The summed E-state index contributed by atoms with van der Waals surface area (Å²) in [5, 5.41) is 15.1. The maximum Gasteiger partial charge on any atom is 0.227 e. The van der Waals surface area contributed by atoms with Gasteiger partial charge < -0.3 is 19.5 Å². The number of nitrogens with one attached hydrogen (secondary N) is 1. The first-order chi connectivity index (χ1) is 19.6. The smallest absolute Gasteiger partial charge is 0.227 e. The molecule has 208 valence electrons. The summed E-state index contributed by atoms with van der Waals surface area (Å²) < 4.78 is 18.8. The molecule has 4 heterocycles. The van der Waals surface area contributed by atoms with E-state index in [-0.39, 0.29) is 6.10 Å². The molecule has 1 atom stereocenters. The van der Waals surface area contributed by atoms with E-state index in [1.54, 1.807) is 30.5 Å². The van der Waals surface area contributed by atoms with E-state index in [1.807, 2.05) is 25.1 Å². The number of methoxy groups -OCH3 is 1. The van der Waals surface area contributed by atoms with Crippen LogP contribution < -0.4 is 14.8 Å². The van der Waals surface area contributed by atoms with Crippen molar-refractivity contribution in [2.45, 2.75) is 38.5 Å². The van der Waals surface area contributed by atoms with Crippen LogP contribution in [0.4, 0.5) is 11.6 Å². The zero-order valence-corrected chi connectivity index (χ0v) is 23.2. The van der Waals surface area contributed by atoms with Crippen molar-refractivity contribution in [3.63, 3.8) is 0 Å². The number of aromatic nitrogens is 6. The molecule has 4 aromatic rings. The lowest BCUT2D eigenvalue weighted by atomic mass is 10.0. The number of hydrogen-bond acceptors (Lipinski definition) is 10. The predicted octanol–water partition coefficient (Wildman–Crippen LogP) is 3.80. The lowest BCUT2D eigenvalue weighted by molar-refractivity contribution is -0.0634. The molecule has 2 aliphatic heterocycles. The molecule has 0 spiro atoms. The molecular weight excluding hydrogens is 532 g/mol. The van der Waals surface area contributed by atoms with Gasteiger partial charge in [0.05, 0.1) is 43.6 Å². The van der Waals surface area contributed by atoms with Crippen LogP contribution in [0.1, 0.15) is 18.1 Å². The number of halogens is 1. The average molecular weight is 563 g/mol. The van der Waals surface area contributed by atoms with Crippen LogP contribution in [0.2, 0.25) is 5.02 Å². The Hall–Kier alpha value is -3.80. The minimum Gasteiger partial charge on any atom is -0.495 e. The molecule has 6 rings (SSSR count). The first kappa shape index (κ1) is 26.4. The van der Waals surface area contributed by atoms with Crippen LogP contribution in [0.5, 0.6) is 11.5 Å². The predicted molar refractivity (Wildman–Crippen MR) is 150 cm³/mol. The zero-order valence-electron chi connectivity index (χ0n) is 22.5. The normalized spacial score (nSPS) is 16.5. The molecule has 2 aliphatic rings. The number of hydrogen-bond donors (Lipinski definition) is 1. The van der Waals surface area contributed by atoms with E-state index >= 15 is 0 Å². The molecule has 12 heteroatoms. The molecule has 1 saturated heterocycles. The number of fused-ring (bicyclic) bond motifs is 1. The summed E-state index contributed by atoms with van der Waals surface area (Å²) in [6, 6.07) is 10.5. The highest BCUT2D eigenvalue weighted by atomic mass is 35.5. The van der Waals surface area contributed by atoms with Gasteiger partial charge in [0.1, 0.15) is 23.9 Å².